The highest BCUT2D eigenvalue weighted by molar-refractivity contribution is 7.92. The number of hydrogen-bond acceptors (Lipinski definition) is 5. The van der Waals surface area contributed by atoms with Gasteiger partial charge in [-0.15, -0.1) is 0 Å². The maximum Gasteiger partial charge on any atom is 0.253 e. The Kier molecular flexibility index (Phi) is 7.24. The number of rotatable bonds is 7. The molecule has 2 aliphatic rings. The molecule has 8 heteroatoms. The van der Waals surface area contributed by atoms with Gasteiger partial charge in [0.05, 0.1) is 6.10 Å². The average Bonchev–Trinajstić information content (AvgIpc) is 3.36. The molecule has 170 valence electrons. The minimum absolute atomic E-state index is 0.104. The topological polar surface area (TPSA) is 76.2 Å². The van der Waals surface area contributed by atoms with Crippen molar-refractivity contribution in [3.05, 3.63) is 71.1 Å². The molecule has 0 radical (unpaired) electrons. The number of hydrogen-bond donors (Lipinski definition) is 0. The molecule has 0 unspecified atom stereocenters. The molecule has 32 heavy (non-hydrogen) atoms. The van der Waals surface area contributed by atoms with Crippen LogP contribution in [0.15, 0.2) is 60.0 Å². The Bertz CT molecular complexity index is 1020. The number of piperazine rings is 1. The smallest absolute Gasteiger partial charge is 0.253 e. The zero-order valence-electron chi connectivity index (χ0n) is 17.9. The normalized spacial score (nSPS) is 20.0. The summed E-state index contributed by atoms with van der Waals surface area (Å²) < 4.78 is 37.9. The predicted molar refractivity (Wildman–Crippen MR) is 123 cm³/mol. The molecule has 2 aliphatic heterocycles. The molecule has 0 aliphatic carbocycles. The molecule has 2 heterocycles. The predicted octanol–water partition coefficient (Wildman–Crippen LogP) is 3.00. The summed E-state index contributed by atoms with van der Waals surface area (Å²) in [5.74, 6) is 0.603. The molecule has 0 spiro atoms. The van der Waals surface area contributed by atoms with E-state index in [1.807, 2.05) is 30.3 Å². The lowest BCUT2D eigenvalue weighted by Gasteiger charge is -2.33. The summed E-state index contributed by atoms with van der Waals surface area (Å²) in [7, 11) is -3.53. The van der Waals surface area contributed by atoms with Crippen molar-refractivity contribution in [3.63, 3.8) is 0 Å². The van der Waals surface area contributed by atoms with Crippen LogP contribution < -0.4 is 4.74 Å². The van der Waals surface area contributed by atoms with Gasteiger partial charge in [-0.3, -0.25) is 4.79 Å². The van der Waals surface area contributed by atoms with Gasteiger partial charge in [0.2, 0.25) is 10.0 Å². The van der Waals surface area contributed by atoms with E-state index in [1.165, 1.54) is 9.71 Å². The van der Waals surface area contributed by atoms with E-state index in [-0.39, 0.29) is 25.1 Å². The highest BCUT2D eigenvalue weighted by Crippen LogP contribution is 2.18. The third-order valence-electron chi connectivity index (χ3n) is 5.68. The fourth-order valence-electron chi connectivity index (χ4n) is 3.80. The first-order valence-electron chi connectivity index (χ1n) is 10.9. The summed E-state index contributed by atoms with van der Waals surface area (Å²) in [6.45, 7) is 2.57. The highest BCUT2D eigenvalue weighted by atomic mass is 32.2. The SMILES string of the molecule is O=C(c1ccc(OC[C@H]2CCCO2)cc1)N1CCN(S(=O)(=O)/C=C/c2ccccc2)CC1. The van der Waals surface area contributed by atoms with Crippen LogP contribution in [0.4, 0.5) is 0 Å². The summed E-state index contributed by atoms with van der Waals surface area (Å²) >= 11 is 0. The molecular weight excluding hydrogens is 428 g/mol. The van der Waals surface area contributed by atoms with E-state index in [1.54, 1.807) is 35.2 Å². The van der Waals surface area contributed by atoms with Crippen molar-refractivity contribution in [2.75, 3.05) is 39.4 Å². The van der Waals surface area contributed by atoms with E-state index < -0.39 is 10.0 Å². The molecular formula is C24H28N2O5S. The van der Waals surface area contributed by atoms with Crippen molar-refractivity contribution in [1.82, 2.24) is 9.21 Å². The lowest BCUT2D eigenvalue weighted by Crippen LogP contribution is -2.50. The summed E-state index contributed by atoms with van der Waals surface area (Å²) in [5, 5.41) is 1.23. The molecule has 7 nitrogen and oxygen atoms in total. The second-order valence-electron chi connectivity index (χ2n) is 7.92. The molecule has 1 atom stereocenters. The Morgan fingerprint density at radius 3 is 2.41 bits per heavy atom. The van der Waals surface area contributed by atoms with E-state index in [0.29, 0.717) is 31.0 Å². The Balaban J connectivity index is 1.28. The van der Waals surface area contributed by atoms with Crippen LogP contribution in [0.5, 0.6) is 5.75 Å². The monoisotopic (exact) mass is 456 g/mol. The Labute approximate surface area is 189 Å². The largest absolute Gasteiger partial charge is 0.491 e. The maximum absolute atomic E-state index is 12.8. The van der Waals surface area contributed by atoms with Gasteiger partial charge in [-0.1, -0.05) is 30.3 Å². The van der Waals surface area contributed by atoms with Gasteiger partial charge in [-0.25, -0.2) is 8.42 Å². The van der Waals surface area contributed by atoms with Crippen molar-refractivity contribution in [2.45, 2.75) is 18.9 Å². The minimum atomic E-state index is -3.53. The quantitative estimate of drug-likeness (QED) is 0.640. The van der Waals surface area contributed by atoms with Gasteiger partial charge in [0.25, 0.3) is 5.91 Å². The van der Waals surface area contributed by atoms with Crippen molar-refractivity contribution in [3.8, 4) is 5.75 Å². The van der Waals surface area contributed by atoms with Crippen LogP contribution in [-0.2, 0) is 14.8 Å². The van der Waals surface area contributed by atoms with Gasteiger partial charge in [-0.05, 0) is 48.7 Å². The highest BCUT2D eigenvalue weighted by Gasteiger charge is 2.28. The molecule has 0 aromatic heterocycles. The third kappa shape index (κ3) is 5.76. The maximum atomic E-state index is 12.8. The summed E-state index contributed by atoms with van der Waals surface area (Å²) in [6.07, 6.45) is 3.82. The molecule has 4 rings (SSSR count). The van der Waals surface area contributed by atoms with Crippen LogP contribution in [0.25, 0.3) is 6.08 Å². The second-order valence-corrected chi connectivity index (χ2v) is 9.74. The lowest BCUT2D eigenvalue weighted by molar-refractivity contribution is 0.0676. The zero-order chi connectivity index (χ0) is 22.4. The molecule has 1 amide bonds. The summed E-state index contributed by atoms with van der Waals surface area (Å²) in [5.41, 5.74) is 1.39. The van der Waals surface area contributed by atoms with Gasteiger partial charge in [0.15, 0.2) is 0 Å². The molecule has 2 aromatic carbocycles. The van der Waals surface area contributed by atoms with Crippen LogP contribution in [0.2, 0.25) is 0 Å². The molecule has 2 aromatic rings. The van der Waals surface area contributed by atoms with E-state index >= 15 is 0 Å². The number of nitrogens with zero attached hydrogens (tertiary/aromatic N) is 2. The van der Waals surface area contributed by atoms with Gasteiger partial charge in [0.1, 0.15) is 12.4 Å². The summed E-state index contributed by atoms with van der Waals surface area (Å²) in [6, 6.07) is 16.4. The third-order valence-corrected chi connectivity index (χ3v) is 7.24. The van der Waals surface area contributed by atoms with Gasteiger partial charge in [-0.2, -0.15) is 4.31 Å². The van der Waals surface area contributed by atoms with E-state index in [4.69, 9.17) is 9.47 Å². The summed E-state index contributed by atoms with van der Waals surface area (Å²) in [4.78, 5) is 14.5. The van der Waals surface area contributed by atoms with E-state index in [9.17, 15) is 13.2 Å². The standard InChI is InChI=1S/C24H28N2O5S/c27-24(21-8-10-22(11-9-21)31-19-23-7-4-17-30-23)25-13-15-26(16-14-25)32(28,29)18-12-20-5-2-1-3-6-20/h1-3,5-6,8-12,18,23H,4,7,13-17,19H2/b18-12+/t23-/m1/s1. The fraction of sp³-hybridized carbons (Fsp3) is 0.375. The zero-order valence-corrected chi connectivity index (χ0v) is 18.7. The lowest BCUT2D eigenvalue weighted by atomic mass is 10.2. The number of carbonyl (C=O) groups excluding carboxylic acids is 1. The molecule has 0 bridgehead atoms. The minimum Gasteiger partial charge on any atom is -0.491 e. The van der Waals surface area contributed by atoms with Crippen molar-refractivity contribution in [1.29, 1.82) is 0 Å². The first-order valence-corrected chi connectivity index (χ1v) is 12.4. The number of carbonyl (C=O) groups is 1. The van der Waals surface area contributed by atoms with Crippen molar-refractivity contribution >= 4 is 22.0 Å². The van der Waals surface area contributed by atoms with Gasteiger partial charge in [0, 0.05) is 43.8 Å². The fourth-order valence-corrected chi connectivity index (χ4v) is 4.98. The van der Waals surface area contributed by atoms with Crippen molar-refractivity contribution < 1.29 is 22.7 Å². The van der Waals surface area contributed by atoms with Crippen molar-refractivity contribution in [2.24, 2.45) is 0 Å². The van der Waals surface area contributed by atoms with E-state index in [0.717, 1.165) is 25.0 Å². The molecule has 2 saturated heterocycles. The first-order chi connectivity index (χ1) is 15.5. The number of ether oxygens (including phenoxy) is 2. The Morgan fingerprint density at radius 2 is 1.75 bits per heavy atom. The second kappa shape index (κ2) is 10.3. The van der Waals surface area contributed by atoms with Crippen LogP contribution in [0, 0.1) is 0 Å². The van der Waals surface area contributed by atoms with Gasteiger partial charge >= 0.3 is 0 Å². The Hall–Kier alpha value is -2.68. The molecule has 0 N–H and O–H groups in total. The van der Waals surface area contributed by atoms with Gasteiger partial charge < -0.3 is 14.4 Å². The number of benzene rings is 2. The van der Waals surface area contributed by atoms with Crippen LogP contribution in [-0.4, -0.2) is 69.0 Å². The first kappa shape index (κ1) is 22.5. The van der Waals surface area contributed by atoms with Crippen LogP contribution in [0.3, 0.4) is 0 Å². The number of sulfonamides is 1. The average molecular weight is 457 g/mol. The van der Waals surface area contributed by atoms with Crippen LogP contribution in [0.1, 0.15) is 28.8 Å². The molecule has 0 saturated carbocycles. The Morgan fingerprint density at radius 1 is 1.03 bits per heavy atom. The number of amides is 1. The van der Waals surface area contributed by atoms with E-state index in [2.05, 4.69) is 0 Å². The van der Waals surface area contributed by atoms with Crippen LogP contribution >= 0.6 is 0 Å². The molecule has 2 fully saturated rings.